The number of ether oxygens (including phenoxy) is 1. The van der Waals surface area contributed by atoms with Crippen molar-refractivity contribution in [1.82, 2.24) is 14.9 Å². The van der Waals surface area contributed by atoms with Gasteiger partial charge in [-0.25, -0.2) is 13.2 Å². The lowest BCUT2D eigenvalue weighted by atomic mass is 9.98. The van der Waals surface area contributed by atoms with E-state index in [0.717, 1.165) is 0 Å². The van der Waals surface area contributed by atoms with Gasteiger partial charge in [0.15, 0.2) is 0 Å². The number of amides is 3. The minimum absolute atomic E-state index is 0.0718. The highest BCUT2D eigenvalue weighted by Crippen LogP contribution is 2.22. The van der Waals surface area contributed by atoms with Crippen molar-refractivity contribution in [2.24, 2.45) is 11.7 Å². The van der Waals surface area contributed by atoms with Crippen LogP contribution in [0, 0.1) is 5.92 Å². The number of hydrogen-bond acceptors (Lipinski definition) is 7. The molecule has 242 valence electrons. The van der Waals surface area contributed by atoms with Gasteiger partial charge >= 0.3 is 6.09 Å². The van der Waals surface area contributed by atoms with Gasteiger partial charge in [0.25, 0.3) is 0 Å². The molecule has 11 nitrogen and oxygen atoms in total. The number of nitrogens with two attached hydrogens (primary N) is 1. The van der Waals surface area contributed by atoms with Crippen LogP contribution in [0.1, 0.15) is 44.2 Å². The number of rotatable bonds is 17. The van der Waals surface area contributed by atoms with Crippen LogP contribution in [0.3, 0.4) is 0 Å². The number of hydrogen-bond donors (Lipinski definition) is 4. The molecule has 0 bridgehead atoms. The summed E-state index contributed by atoms with van der Waals surface area (Å²) in [6.45, 7) is 3.97. The molecule has 0 spiro atoms. The van der Waals surface area contributed by atoms with Crippen molar-refractivity contribution in [3.8, 4) is 0 Å². The van der Waals surface area contributed by atoms with E-state index in [2.05, 4.69) is 10.6 Å². The predicted molar refractivity (Wildman–Crippen MR) is 170 cm³/mol. The van der Waals surface area contributed by atoms with E-state index in [1.807, 2.05) is 19.9 Å². The molecule has 0 aliphatic rings. The Bertz CT molecular complexity index is 1490. The Morgan fingerprint density at radius 1 is 0.889 bits per heavy atom. The lowest BCUT2D eigenvalue weighted by Gasteiger charge is -2.33. The van der Waals surface area contributed by atoms with Gasteiger partial charge < -0.3 is 26.2 Å². The zero-order chi connectivity index (χ0) is 32.9. The summed E-state index contributed by atoms with van der Waals surface area (Å²) in [7, 11) is -3.92. The zero-order valence-electron chi connectivity index (χ0n) is 25.6. The summed E-state index contributed by atoms with van der Waals surface area (Å²) in [5.41, 5.74) is 4.79. The van der Waals surface area contributed by atoms with Crippen LogP contribution in [-0.4, -0.2) is 60.6 Å². The summed E-state index contributed by atoms with van der Waals surface area (Å²) >= 11 is 0. The Morgan fingerprint density at radius 2 is 1.44 bits per heavy atom. The van der Waals surface area contributed by atoms with Gasteiger partial charge in [-0.15, -0.1) is 0 Å². The highest BCUT2D eigenvalue weighted by Gasteiger charge is 2.36. The molecular weight excluding hydrogens is 596 g/mol. The zero-order valence-corrected chi connectivity index (χ0v) is 26.4. The van der Waals surface area contributed by atoms with E-state index in [1.54, 1.807) is 72.8 Å². The van der Waals surface area contributed by atoms with Gasteiger partial charge in [0.1, 0.15) is 18.4 Å². The summed E-state index contributed by atoms with van der Waals surface area (Å²) in [6, 6.07) is 24.3. The molecule has 0 saturated carbocycles. The van der Waals surface area contributed by atoms with Crippen molar-refractivity contribution < 1.29 is 32.6 Å². The minimum atomic E-state index is -3.92. The van der Waals surface area contributed by atoms with Crippen molar-refractivity contribution in [3.63, 3.8) is 0 Å². The number of nitrogens with one attached hydrogen (secondary N) is 2. The second kappa shape index (κ2) is 16.7. The number of primary amides is 1. The maximum Gasteiger partial charge on any atom is 0.408 e. The summed E-state index contributed by atoms with van der Waals surface area (Å²) in [5.74, 6) is -1.54. The second-order valence-electron chi connectivity index (χ2n) is 11.3. The van der Waals surface area contributed by atoms with Crippen molar-refractivity contribution in [1.29, 1.82) is 0 Å². The van der Waals surface area contributed by atoms with Gasteiger partial charge in [0.2, 0.25) is 21.8 Å². The van der Waals surface area contributed by atoms with Gasteiger partial charge in [-0.2, -0.15) is 4.31 Å². The normalized spacial score (nSPS) is 13.5. The van der Waals surface area contributed by atoms with Crippen LogP contribution in [0.4, 0.5) is 4.79 Å². The molecule has 3 aromatic rings. The van der Waals surface area contributed by atoms with Gasteiger partial charge in [0, 0.05) is 25.9 Å². The second-order valence-corrected chi connectivity index (χ2v) is 13.2. The van der Waals surface area contributed by atoms with Crippen molar-refractivity contribution in [2.75, 3.05) is 13.1 Å². The Morgan fingerprint density at radius 3 is 2.00 bits per heavy atom. The van der Waals surface area contributed by atoms with Crippen molar-refractivity contribution in [2.45, 2.75) is 62.8 Å². The van der Waals surface area contributed by atoms with Crippen LogP contribution < -0.4 is 16.4 Å². The molecule has 0 fully saturated rings. The molecule has 0 aliphatic carbocycles. The van der Waals surface area contributed by atoms with E-state index < -0.39 is 46.1 Å². The topological polar surface area (TPSA) is 168 Å². The number of aliphatic hydroxyl groups is 1. The number of benzene rings is 3. The van der Waals surface area contributed by atoms with E-state index in [4.69, 9.17) is 10.5 Å². The Balaban J connectivity index is 1.82. The minimum Gasteiger partial charge on any atom is -0.445 e. The lowest BCUT2D eigenvalue weighted by Crippen LogP contribution is -2.58. The third-order valence-corrected chi connectivity index (χ3v) is 8.95. The number of carbonyl (C=O) groups excluding carboxylic acids is 3. The van der Waals surface area contributed by atoms with Crippen molar-refractivity contribution >= 4 is 27.9 Å². The molecule has 2 atom stereocenters. The fourth-order valence-electron chi connectivity index (χ4n) is 4.57. The highest BCUT2D eigenvalue weighted by molar-refractivity contribution is 7.89. The largest absolute Gasteiger partial charge is 0.445 e. The molecule has 0 radical (unpaired) electrons. The first-order valence-electron chi connectivity index (χ1n) is 14.8. The third kappa shape index (κ3) is 11.6. The molecule has 3 amide bonds. The van der Waals surface area contributed by atoms with E-state index >= 15 is 0 Å². The molecule has 12 heteroatoms. The SMILES string of the molecule is CC(C)CCN(CCC(O)(Cc1ccccc1)NC(=O)C(CC(N)=O)NC(=O)OCc1ccccc1)S(=O)(=O)c1ccccc1. The maximum atomic E-state index is 13.6. The molecule has 2 unspecified atom stereocenters. The van der Waals surface area contributed by atoms with Crippen LogP contribution >= 0.6 is 0 Å². The van der Waals surface area contributed by atoms with Crippen LogP contribution in [-0.2, 0) is 37.4 Å². The molecule has 0 saturated heterocycles. The van der Waals surface area contributed by atoms with Crippen LogP contribution in [0.15, 0.2) is 95.9 Å². The number of alkyl carbamates (subject to hydrolysis) is 1. The first-order valence-corrected chi connectivity index (χ1v) is 16.2. The van der Waals surface area contributed by atoms with E-state index in [1.165, 1.54) is 16.4 Å². The highest BCUT2D eigenvalue weighted by atomic mass is 32.2. The fraction of sp³-hybridized carbons (Fsp3) is 0.364. The van der Waals surface area contributed by atoms with E-state index in [9.17, 15) is 27.9 Å². The number of sulfonamides is 1. The first kappa shape index (κ1) is 35.2. The lowest BCUT2D eigenvalue weighted by molar-refractivity contribution is -0.133. The van der Waals surface area contributed by atoms with Crippen LogP contribution in [0.25, 0.3) is 0 Å². The molecular formula is C33H42N4O7S. The monoisotopic (exact) mass is 638 g/mol. The van der Waals surface area contributed by atoms with Gasteiger partial charge in [-0.05, 0) is 35.6 Å². The molecule has 0 heterocycles. The standard InChI is InChI=1S/C33H42N4O7S/c1-25(2)18-20-37(45(42,43)28-16-10-5-11-17-28)21-19-33(41,23-26-12-6-3-7-13-26)36-31(39)29(22-30(34)38)35-32(40)44-24-27-14-8-4-9-15-27/h3-17,25,29,41H,18-24H2,1-2H3,(H2,34,38)(H,35,40)(H,36,39). The van der Waals surface area contributed by atoms with Gasteiger partial charge in [-0.3, -0.25) is 9.59 Å². The predicted octanol–water partition coefficient (Wildman–Crippen LogP) is 3.33. The maximum absolute atomic E-state index is 13.6. The van der Waals surface area contributed by atoms with E-state index in [-0.39, 0.29) is 43.4 Å². The van der Waals surface area contributed by atoms with Gasteiger partial charge in [-0.1, -0.05) is 92.7 Å². The third-order valence-electron chi connectivity index (χ3n) is 7.03. The van der Waals surface area contributed by atoms with Crippen LogP contribution in [0.2, 0.25) is 0 Å². The van der Waals surface area contributed by atoms with Gasteiger partial charge in [0.05, 0.1) is 11.3 Å². The molecule has 0 aromatic heterocycles. The molecule has 3 aromatic carbocycles. The van der Waals surface area contributed by atoms with Crippen LogP contribution in [0.5, 0.6) is 0 Å². The number of carbonyl (C=O) groups is 3. The average molecular weight is 639 g/mol. The summed E-state index contributed by atoms with van der Waals surface area (Å²) in [6.07, 6.45) is -1.22. The summed E-state index contributed by atoms with van der Waals surface area (Å²) in [4.78, 5) is 38.0. The summed E-state index contributed by atoms with van der Waals surface area (Å²) < 4.78 is 33.7. The smallest absolute Gasteiger partial charge is 0.408 e. The molecule has 5 N–H and O–H groups in total. The Hall–Kier alpha value is -4.26. The first-order chi connectivity index (χ1) is 21.4. The fourth-order valence-corrected chi connectivity index (χ4v) is 6.04. The van der Waals surface area contributed by atoms with Crippen molar-refractivity contribution in [3.05, 3.63) is 102 Å². The molecule has 0 aliphatic heterocycles. The molecule has 45 heavy (non-hydrogen) atoms. The Labute approximate surface area is 264 Å². The molecule has 3 rings (SSSR count). The average Bonchev–Trinajstić information content (AvgIpc) is 3.00. The Kier molecular flexibility index (Phi) is 13.1. The van der Waals surface area contributed by atoms with E-state index in [0.29, 0.717) is 17.5 Å². The quantitative estimate of drug-likeness (QED) is 0.165. The number of nitrogens with zero attached hydrogens (tertiary/aromatic N) is 1. The summed E-state index contributed by atoms with van der Waals surface area (Å²) in [5, 5.41) is 16.8.